The number of rotatable bonds is 6. The molecule has 1 aliphatic carbocycles. The molecule has 2 amide bonds. The first-order valence-corrected chi connectivity index (χ1v) is 8.60. The standard InChI is InChI=1S/C19H18ClN3O3/c20-16-10-14(11-21-23-19(25)18(24)22-15-7-8-15)6-9-17(16)26-12-13-4-2-1-3-5-13/h1-6,9-11,15H,7-8,12H2,(H,22,24)(H,23,25)/b21-11-. The number of ether oxygens (including phenoxy) is 1. The molecule has 7 heteroatoms. The number of benzene rings is 2. The van der Waals surface area contributed by atoms with Gasteiger partial charge in [0.2, 0.25) is 0 Å². The first-order chi connectivity index (χ1) is 12.6. The number of carbonyl (C=O) groups excluding carboxylic acids is 2. The van der Waals surface area contributed by atoms with Crippen molar-refractivity contribution < 1.29 is 14.3 Å². The SMILES string of the molecule is O=C(N/N=C\c1ccc(OCc2ccccc2)c(Cl)c1)C(=O)NC1CC1. The quantitative estimate of drug-likeness (QED) is 0.465. The van der Waals surface area contributed by atoms with Crippen molar-refractivity contribution in [3.05, 3.63) is 64.7 Å². The van der Waals surface area contributed by atoms with E-state index in [0.29, 0.717) is 22.9 Å². The molecule has 26 heavy (non-hydrogen) atoms. The maximum absolute atomic E-state index is 11.6. The van der Waals surface area contributed by atoms with E-state index in [1.807, 2.05) is 30.3 Å². The molecule has 6 nitrogen and oxygen atoms in total. The van der Waals surface area contributed by atoms with Crippen LogP contribution in [0.4, 0.5) is 0 Å². The van der Waals surface area contributed by atoms with Gasteiger partial charge >= 0.3 is 11.8 Å². The molecule has 0 atom stereocenters. The zero-order valence-electron chi connectivity index (χ0n) is 13.9. The van der Waals surface area contributed by atoms with Crippen LogP contribution in [-0.2, 0) is 16.2 Å². The first-order valence-electron chi connectivity index (χ1n) is 8.22. The highest BCUT2D eigenvalue weighted by atomic mass is 35.5. The van der Waals surface area contributed by atoms with Gasteiger partial charge in [-0.1, -0.05) is 41.9 Å². The highest BCUT2D eigenvalue weighted by Gasteiger charge is 2.26. The number of hydrazone groups is 1. The van der Waals surface area contributed by atoms with Gasteiger partial charge in [-0.2, -0.15) is 5.10 Å². The Labute approximate surface area is 156 Å². The Balaban J connectivity index is 1.51. The molecule has 1 fully saturated rings. The number of halogens is 1. The fourth-order valence-electron chi connectivity index (χ4n) is 2.14. The van der Waals surface area contributed by atoms with Gasteiger partial charge in [-0.25, -0.2) is 5.43 Å². The van der Waals surface area contributed by atoms with Crippen LogP contribution >= 0.6 is 11.6 Å². The van der Waals surface area contributed by atoms with Crippen LogP contribution < -0.4 is 15.5 Å². The summed E-state index contributed by atoms with van der Waals surface area (Å²) in [5, 5.41) is 6.79. The summed E-state index contributed by atoms with van der Waals surface area (Å²) in [5.74, 6) is -0.907. The van der Waals surface area contributed by atoms with Crippen molar-refractivity contribution in [1.82, 2.24) is 10.7 Å². The Bertz CT molecular complexity index is 820. The highest BCUT2D eigenvalue weighted by molar-refractivity contribution is 6.35. The summed E-state index contributed by atoms with van der Waals surface area (Å²) in [6.07, 6.45) is 3.24. The molecule has 2 aromatic carbocycles. The van der Waals surface area contributed by atoms with Crippen molar-refractivity contribution in [2.75, 3.05) is 0 Å². The number of hydrogen-bond donors (Lipinski definition) is 2. The van der Waals surface area contributed by atoms with Crippen molar-refractivity contribution >= 4 is 29.6 Å². The molecule has 0 saturated heterocycles. The molecule has 0 spiro atoms. The second-order valence-electron chi connectivity index (χ2n) is 5.91. The molecule has 0 unspecified atom stereocenters. The van der Waals surface area contributed by atoms with Gasteiger partial charge < -0.3 is 10.1 Å². The summed E-state index contributed by atoms with van der Waals surface area (Å²) in [6, 6.07) is 15.0. The van der Waals surface area contributed by atoms with Crippen LogP contribution in [0.1, 0.15) is 24.0 Å². The zero-order valence-corrected chi connectivity index (χ0v) is 14.7. The molecule has 2 N–H and O–H groups in total. The first kappa shape index (κ1) is 17.9. The molecule has 0 bridgehead atoms. The van der Waals surface area contributed by atoms with Crippen molar-refractivity contribution in [2.45, 2.75) is 25.5 Å². The molecular weight excluding hydrogens is 354 g/mol. The molecule has 1 aliphatic rings. The lowest BCUT2D eigenvalue weighted by atomic mass is 10.2. The van der Waals surface area contributed by atoms with Gasteiger partial charge in [-0.3, -0.25) is 9.59 Å². The highest BCUT2D eigenvalue weighted by Crippen LogP contribution is 2.25. The Morgan fingerprint density at radius 1 is 1.15 bits per heavy atom. The molecule has 0 aromatic heterocycles. The average Bonchev–Trinajstić information content (AvgIpc) is 3.45. The summed E-state index contributed by atoms with van der Waals surface area (Å²) >= 11 is 6.21. The predicted molar refractivity (Wildman–Crippen MR) is 99.1 cm³/mol. The van der Waals surface area contributed by atoms with E-state index in [9.17, 15) is 9.59 Å². The summed E-state index contributed by atoms with van der Waals surface area (Å²) in [7, 11) is 0. The average molecular weight is 372 g/mol. The molecule has 1 saturated carbocycles. The van der Waals surface area contributed by atoms with E-state index in [-0.39, 0.29) is 6.04 Å². The Morgan fingerprint density at radius 3 is 2.62 bits per heavy atom. The molecule has 0 aliphatic heterocycles. The van der Waals surface area contributed by atoms with Crippen LogP contribution in [0.25, 0.3) is 0 Å². The lowest BCUT2D eigenvalue weighted by Gasteiger charge is -2.08. The van der Waals surface area contributed by atoms with Gasteiger partial charge in [0, 0.05) is 6.04 Å². The van der Waals surface area contributed by atoms with Crippen LogP contribution in [0.3, 0.4) is 0 Å². The molecule has 0 radical (unpaired) electrons. The smallest absolute Gasteiger partial charge is 0.329 e. The topological polar surface area (TPSA) is 79.8 Å². The van der Waals surface area contributed by atoms with Crippen molar-refractivity contribution in [2.24, 2.45) is 5.10 Å². The molecular formula is C19H18ClN3O3. The van der Waals surface area contributed by atoms with Gasteiger partial charge in [0.25, 0.3) is 0 Å². The molecule has 134 valence electrons. The van der Waals surface area contributed by atoms with Crippen LogP contribution in [-0.4, -0.2) is 24.1 Å². The summed E-state index contributed by atoms with van der Waals surface area (Å²) in [5.41, 5.74) is 3.90. The summed E-state index contributed by atoms with van der Waals surface area (Å²) in [6.45, 7) is 0.417. The van der Waals surface area contributed by atoms with E-state index in [2.05, 4.69) is 15.8 Å². The van der Waals surface area contributed by atoms with Crippen LogP contribution in [0.5, 0.6) is 5.75 Å². The minimum absolute atomic E-state index is 0.125. The second-order valence-corrected chi connectivity index (χ2v) is 6.32. The Morgan fingerprint density at radius 2 is 1.92 bits per heavy atom. The maximum atomic E-state index is 11.6. The lowest BCUT2D eigenvalue weighted by molar-refractivity contribution is -0.139. The summed E-state index contributed by atoms with van der Waals surface area (Å²) in [4.78, 5) is 23.0. The van der Waals surface area contributed by atoms with Gasteiger partial charge in [-0.15, -0.1) is 0 Å². The van der Waals surface area contributed by atoms with Crippen molar-refractivity contribution in [3.63, 3.8) is 0 Å². The fourth-order valence-corrected chi connectivity index (χ4v) is 2.39. The van der Waals surface area contributed by atoms with E-state index in [0.717, 1.165) is 18.4 Å². The van der Waals surface area contributed by atoms with Gasteiger partial charge in [0.15, 0.2) is 0 Å². The fraction of sp³-hybridized carbons (Fsp3) is 0.211. The van der Waals surface area contributed by atoms with Gasteiger partial charge in [-0.05, 0) is 42.2 Å². The Kier molecular flexibility index (Phi) is 5.86. The van der Waals surface area contributed by atoms with E-state index >= 15 is 0 Å². The van der Waals surface area contributed by atoms with E-state index in [4.69, 9.17) is 16.3 Å². The molecule has 3 rings (SSSR count). The lowest BCUT2D eigenvalue weighted by Crippen LogP contribution is -2.38. The third-order valence-electron chi connectivity index (χ3n) is 3.69. The summed E-state index contributed by atoms with van der Waals surface area (Å²) < 4.78 is 5.70. The largest absolute Gasteiger partial charge is 0.487 e. The minimum Gasteiger partial charge on any atom is -0.487 e. The Hall–Kier alpha value is -2.86. The molecule has 0 heterocycles. The second kappa shape index (κ2) is 8.49. The van der Waals surface area contributed by atoms with E-state index < -0.39 is 11.8 Å². The van der Waals surface area contributed by atoms with Crippen molar-refractivity contribution in [1.29, 1.82) is 0 Å². The maximum Gasteiger partial charge on any atom is 0.329 e. The number of nitrogens with zero attached hydrogens (tertiary/aromatic N) is 1. The predicted octanol–water partition coefficient (Wildman–Crippen LogP) is 2.65. The number of hydrogen-bond acceptors (Lipinski definition) is 4. The minimum atomic E-state index is -0.790. The zero-order chi connectivity index (χ0) is 18.4. The van der Waals surface area contributed by atoms with E-state index in [1.54, 1.807) is 18.2 Å². The van der Waals surface area contributed by atoms with Gasteiger partial charge in [0.05, 0.1) is 11.2 Å². The number of carbonyl (C=O) groups is 2. The van der Waals surface area contributed by atoms with Crippen LogP contribution in [0.2, 0.25) is 5.02 Å². The van der Waals surface area contributed by atoms with Crippen LogP contribution in [0.15, 0.2) is 53.6 Å². The van der Waals surface area contributed by atoms with E-state index in [1.165, 1.54) is 6.21 Å². The molecule has 2 aromatic rings. The number of amides is 2. The monoisotopic (exact) mass is 371 g/mol. The number of nitrogens with one attached hydrogen (secondary N) is 2. The van der Waals surface area contributed by atoms with Crippen LogP contribution in [0, 0.1) is 0 Å². The normalized spacial score (nSPS) is 13.4. The third kappa shape index (κ3) is 5.32. The van der Waals surface area contributed by atoms with Gasteiger partial charge in [0.1, 0.15) is 12.4 Å². The van der Waals surface area contributed by atoms with Crippen molar-refractivity contribution in [3.8, 4) is 5.75 Å². The third-order valence-corrected chi connectivity index (χ3v) is 3.99.